The molecule has 5 heteroatoms. The lowest BCUT2D eigenvalue weighted by atomic mass is 9.69. The molecule has 2 aliphatic rings. The molecule has 172 valence electrons. The molecule has 1 heterocycles. The van der Waals surface area contributed by atoms with E-state index in [0.717, 1.165) is 47.4 Å². The number of benzene rings is 3. The van der Waals surface area contributed by atoms with Crippen molar-refractivity contribution >= 4 is 0 Å². The summed E-state index contributed by atoms with van der Waals surface area (Å²) in [4.78, 5) is 2.44. The number of phenols is 3. The molecule has 1 aliphatic carbocycles. The van der Waals surface area contributed by atoms with Crippen LogP contribution in [0.15, 0.2) is 60.7 Å². The summed E-state index contributed by atoms with van der Waals surface area (Å²) in [7, 11) is 0. The molecule has 3 aromatic rings. The molecule has 3 N–H and O–H groups in total. The lowest BCUT2D eigenvalue weighted by molar-refractivity contribution is 0.237. The molecule has 1 aliphatic heterocycles. The van der Waals surface area contributed by atoms with Gasteiger partial charge in [0.25, 0.3) is 0 Å². The van der Waals surface area contributed by atoms with Crippen LogP contribution >= 0.6 is 0 Å². The van der Waals surface area contributed by atoms with Gasteiger partial charge in [-0.1, -0.05) is 24.3 Å². The lowest BCUT2D eigenvalue weighted by Gasteiger charge is -2.35. The quantitative estimate of drug-likeness (QED) is 0.458. The van der Waals surface area contributed by atoms with E-state index in [0.29, 0.717) is 6.61 Å². The third kappa shape index (κ3) is 4.64. The van der Waals surface area contributed by atoms with Crippen molar-refractivity contribution in [3.63, 3.8) is 0 Å². The van der Waals surface area contributed by atoms with E-state index in [1.807, 2.05) is 24.3 Å². The molecule has 33 heavy (non-hydrogen) atoms. The van der Waals surface area contributed by atoms with Gasteiger partial charge in [0.1, 0.15) is 18.1 Å². The van der Waals surface area contributed by atoms with E-state index in [1.54, 1.807) is 18.2 Å². The molecule has 3 aromatic carbocycles. The van der Waals surface area contributed by atoms with Crippen molar-refractivity contribution in [1.29, 1.82) is 0 Å². The van der Waals surface area contributed by atoms with Gasteiger partial charge in [0.05, 0.1) is 0 Å². The minimum atomic E-state index is -0.0998. The molecule has 1 saturated heterocycles. The summed E-state index contributed by atoms with van der Waals surface area (Å²) in [6.45, 7) is 3.98. The fourth-order valence-corrected chi connectivity index (χ4v) is 5.43. The van der Waals surface area contributed by atoms with Crippen molar-refractivity contribution < 1.29 is 20.1 Å². The van der Waals surface area contributed by atoms with Crippen LogP contribution in [0.4, 0.5) is 0 Å². The molecule has 0 spiro atoms. The van der Waals surface area contributed by atoms with Gasteiger partial charge < -0.3 is 20.1 Å². The Morgan fingerprint density at radius 2 is 1.61 bits per heavy atom. The number of phenolic OH excluding ortho intramolecular Hbond substituents is 3. The third-order valence-corrected chi connectivity index (χ3v) is 7.11. The zero-order chi connectivity index (χ0) is 22.8. The molecular weight excluding hydrogens is 414 g/mol. The SMILES string of the molecule is Oc1cccc([C@H]2CCc3cc(O)c(O)cc3[C@H]2c2ccc(OCCN3CCCC3)cc2)c1. The van der Waals surface area contributed by atoms with Crippen LogP contribution in [0.25, 0.3) is 0 Å². The lowest BCUT2D eigenvalue weighted by Crippen LogP contribution is -2.25. The van der Waals surface area contributed by atoms with Crippen LogP contribution < -0.4 is 4.74 Å². The Morgan fingerprint density at radius 1 is 0.848 bits per heavy atom. The van der Waals surface area contributed by atoms with Crippen LogP contribution in [0.3, 0.4) is 0 Å². The Morgan fingerprint density at radius 3 is 2.36 bits per heavy atom. The highest BCUT2D eigenvalue weighted by Crippen LogP contribution is 2.49. The first kappa shape index (κ1) is 21.7. The second-order valence-corrected chi connectivity index (χ2v) is 9.22. The van der Waals surface area contributed by atoms with E-state index in [9.17, 15) is 15.3 Å². The topological polar surface area (TPSA) is 73.2 Å². The van der Waals surface area contributed by atoms with Crippen LogP contribution in [-0.2, 0) is 6.42 Å². The van der Waals surface area contributed by atoms with Crippen LogP contribution in [0, 0.1) is 0 Å². The summed E-state index contributed by atoms with van der Waals surface area (Å²) in [5, 5.41) is 30.4. The zero-order valence-corrected chi connectivity index (χ0v) is 18.8. The average molecular weight is 446 g/mol. The van der Waals surface area contributed by atoms with Gasteiger partial charge in [-0.25, -0.2) is 0 Å². The number of fused-ring (bicyclic) bond motifs is 1. The molecule has 0 amide bonds. The predicted octanol–water partition coefficient (Wildman–Crippen LogP) is 5.14. The average Bonchev–Trinajstić information content (AvgIpc) is 3.33. The Bertz CT molecular complexity index is 1110. The Labute approximate surface area is 194 Å². The van der Waals surface area contributed by atoms with Crippen molar-refractivity contribution in [3.05, 3.63) is 82.9 Å². The third-order valence-electron chi connectivity index (χ3n) is 7.11. The predicted molar refractivity (Wildman–Crippen MR) is 128 cm³/mol. The van der Waals surface area contributed by atoms with E-state index >= 15 is 0 Å². The summed E-state index contributed by atoms with van der Waals surface area (Å²) in [5.74, 6) is 1.09. The van der Waals surface area contributed by atoms with E-state index in [-0.39, 0.29) is 29.1 Å². The molecule has 5 rings (SSSR count). The summed E-state index contributed by atoms with van der Waals surface area (Å²) < 4.78 is 5.99. The molecule has 2 atom stereocenters. The first-order chi connectivity index (χ1) is 16.1. The van der Waals surface area contributed by atoms with Gasteiger partial charge in [-0.3, -0.25) is 4.90 Å². The standard InChI is InChI=1S/C28H31NO4/c30-22-5-3-4-20(16-22)24-11-8-21-17-26(31)27(32)18-25(21)28(24)19-6-9-23(10-7-19)33-15-14-29-12-1-2-13-29/h3-7,9-10,16-18,24,28,30-32H,1-2,8,11-15H2/t24-,28+/m1/s1. The molecule has 5 nitrogen and oxygen atoms in total. The monoisotopic (exact) mass is 445 g/mol. The maximum absolute atomic E-state index is 10.3. The Balaban J connectivity index is 1.43. The van der Waals surface area contributed by atoms with E-state index < -0.39 is 0 Å². The highest BCUT2D eigenvalue weighted by molar-refractivity contribution is 5.53. The molecule has 0 unspecified atom stereocenters. The van der Waals surface area contributed by atoms with Gasteiger partial charge in [-0.05, 0) is 103 Å². The van der Waals surface area contributed by atoms with Crippen molar-refractivity contribution in [2.24, 2.45) is 0 Å². The molecular formula is C28H31NO4. The Hall–Kier alpha value is -3.18. The number of rotatable bonds is 6. The van der Waals surface area contributed by atoms with Crippen molar-refractivity contribution in [3.8, 4) is 23.0 Å². The first-order valence-electron chi connectivity index (χ1n) is 11.9. The number of aryl methyl sites for hydroxylation is 1. The molecule has 0 aromatic heterocycles. The minimum Gasteiger partial charge on any atom is -0.508 e. The summed E-state index contributed by atoms with van der Waals surface area (Å²) in [6, 6.07) is 19.1. The maximum atomic E-state index is 10.3. The minimum absolute atomic E-state index is 0.000648. The number of likely N-dealkylation sites (tertiary alicyclic amines) is 1. The molecule has 0 saturated carbocycles. The van der Waals surface area contributed by atoms with Crippen molar-refractivity contribution in [2.45, 2.75) is 37.5 Å². The number of hydrogen-bond donors (Lipinski definition) is 3. The van der Waals surface area contributed by atoms with E-state index in [1.165, 1.54) is 25.9 Å². The second-order valence-electron chi connectivity index (χ2n) is 9.22. The van der Waals surface area contributed by atoms with Crippen LogP contribution in [0.1, 0.15) is 53.4 Å². The summed E-state index contributed by atoms with van der Waals surface area (Å²) in [5.41, 5.74) is 4.27. The number of hydrogen-bond acceptors (Lipinski definition) is 5. The first-order valence-corrected chi connectivity index (χ1v) is 11.9. The number of nitrogens with zero attached hydrogens (tertiary/aromatic N) is 1. The van der Waals surface area contributed by atoms with Gasteiger partial charge >= 0.3 is 0 Å². The van der Waals surface area contributed by atoms with Gasteiger partial charge in [0.2, 0.25) is 0 Å². The van der Waals surface area contributed by atoms with Crippen LogP contribution in [0.5, 0.6) is 23.0 Å². The zero-order valence-electron chi connectivity index (χ0n) is 18.8. The normalized spacial score (nSPS) is 20.5. The Kier molecular flexibility index (Phi) is 6.14. The highest BCUT2D eigenvalue weighted by Gasteiger charge is 2.33. The van der Waals surface area contributed by atoms with E-state index in [4.69, 9.17) is 4.74 Å². The molecule has 1 fully saturated rings. The molecule has 0 radical (unpaired) electrons. The summed E-state index contributed by atoms with van der Waals surface area (Å²) >= 11 is 0. The van der Waals surface area contributed by atoms with Gasteiger partial charge in [0, 0.05) is 12.5 Å². The van der Waals surface area contributed by atoms with Gasteiger partial charge in [-0.2, -0.15) is 0 Å². The highest BCUT2D eigenvalue weighted by atomic mass is 16.5. The van der Waals surface area contributed by atoms with E-state index in [2.05, 4.69) is 23.1 Å². The van der Waals surface area contributed by atoms with Gasteiger partial charge in [-0.15, -0.1) is 0 Å². The van der Waals surface area contributed by atoms with Crippen molar-refractivity contribution in [2.75, 3.05) is 26.2 Å². The van der Waals surface area contributed by atoms with Crippen LogP contribution in [0.2, 0.25) is 0 Å². The second kappa shape index (κ2) is 9.36. The van der Waals surface area contributed by atoms with Gasteiger partial charge in [0.15, 0.2) is 11.5 Å². The fraction of sp³-hybridized carbons (Fsp3) is 0.357. The van der Waals surface area contributed by atoms with Crippen LogP contribution in [-0.4, -0.2) is 46.5 Å². The van der Waals surface area contributed by atoms with Crippen molar-refractivity contribution in [1.82, 2.24) is 4.90 Å². The largest absolute Gasteiger partial charge is 0.508 e. The fourth-order valence-electron chi connectivity index (χ4n) is 5.43. The maximum Gasteiger partial charge on any atom is 0.157 e. The summed E-state index contributed by atoms with van der Waals surface area (Å²) in [6.07, 6.45) is 4.26. The number of aromatic hydroxyl groups is 3. The smallest absolute Gasteiger partial charge is 0.157 e. The number of ether oxygens (including phenoxy) is 1. The molecule has 0 bridgehead atoms.